The Kier molecular flexibility index (Phi) is 5.78. The summed E-state index contributed by atoms with van der Waals surface area (Å²) in [6.45, 7) is 5.16. The van der Waals surface area contributed by atoms with Gasteiger partial charge in [-0.05, 0) is 43.4 Å². The number of thiophene rings is 1. The van der Waals surface area contributed by atoms with Crippen molar-refractivity contribution in [3.8, 4) is 0 Å². The van der Waals surface area contributed by atoms with Crippen LogP contribution in [0.1, 0.15) is 37.7 Å². The number of morpholine rings is 1. The normalized spacial score (nSPS) is 19.2. The average Bonchev–Trinajstić information content (AvgIpc) is 3.15. The molecule has 2 aliphatic rings. The monoisotopic (exact) mass is 398 g/mol. The molecule has 6 heteroatoms. The molecule has 1 aliphatic carbocycles. The molecule has 2 heterocycles. The number of hydrogen-bond donors (Lipinski definition) is 1. The molecule has 5 nitrogen and oxygen atoms in total. The van der Waals surface area contributed by atoms with Gasteiger partial charge in [0.15, 0.2) is 0 Å². The summed E-state index contributed by atoms with van der Waals surface area (Å²) in [6.07, 6.45) is 2.44. The van der Waals surface area contributed by atoms with Crippen LogP contribution in [-0.4, -0.2) is 43.0 Å². The van der Waals surface area contributed by atoms with Crippen LogP contribution in [0.25, 0.3) is 0 Å². The van der Waals surface area contributed by atoms with Crippen molar-refractivity contribution in [1.29, 1.82) is 0 Å². The zero-order valence-corrected chi connectivity index (χ0v) is 17.0. The zero-order valence-electron chi connectivity index (χ0n) is 16.2. The Morgan fingerprint density at radius 2 is 2.07 bits per heavy atom. The number of nitrogens with zero attached hydrogens (tertiary/aromatic N) is 1. The third-order valence-electron chi connectivity index (χ3n) is 5.51. The molecule has 1 aromatic carbocycles. The second kappa shape index (κ2) is 8.45. The van der Waals surface area contributed by atoms with E-state index in [-0.39, 0.29) is 17.7 Å². The van der Waals surface area contributed by atoms with Crippen molar-refractivity contribution in [2.24, 2.45) is 5.92 Å². The molecule has 0 saturated carbocycles. The van der Waals surface area contributed by atoms with Crippen molar-refractivity contribution >= 4 is 23.2 Å². The summed E-state index contributed by atoms with van der Waals surface area (Å²) in [4.78, 5) is 29.3. The van der Waals surface area contributed by atoms with Crippen LogP contribution in [0.3, 0.4) is 0 Å². The lowest BCUT2D eigenvalue weighted by Gasteiger charge is -2.26. The van der Waals surface area contributed by atoms with Crippen molar-refractivity contribution in [1.82, 2.24) is 10.2 Å². The minimum atomic E-state index is -0.0155. The topological polar surface area (TPSA) is 58.6 Å². The molecular formula is C22H26N2O3S. The lowest BCUT2D eigenvalue weighted by molar-refractivity contribution is -0.125. The Morgan fingerprint density at radius 1 is 1.25 bits per heavy atom. The van der Waals surface area contributed by atoms with Crippen LogP contribution in [0.15, 0.2) is 30.3 Å². The van der Waals surface area contributed by atoms with Crippen LogP contribution in [0.2, 0.25) is 0 Å². The Hall–Kier alpha value is -2.18. The Balaban J connectivity index is 1.37. The highest BCUT2D eigenvalue weighted by atomic mass is 32.1. The first kappa shape index (κ1) is 19.2. The fraction of sp³-hybridized carbons (Fsp3) is 0.455. The lowest BCUT2D eigenvalue weighted by Crippen LogP contribution is -2.40. The number of carbonyl (C=O) groups is 2. The minimum absolute atomic E-state index is 0.0155. The molecule has 4 rings (SSSR count). The van der Waals surface area contributed by atoms with E-state index in [1.54, 1.807) is 11.3 Å². The molecule has 0 unspecified atom stereocenters. The Morgan fingerprint density at radius 3 is 2.86 bits per heavy atom. The number of nitrogens with one attached hydrogen (secondary N) is 1. The SMILES string of the molecule is Cc1cccc(CNC(=O)[C@@H]2CCc3sc(C(=O)N4CCOCC4)cc3C2)c1. The smallest absolute Gasteiger partial charge is 0.264 e. The van der Waals surface area contributed by atoms with Gasteiger partial charge in [0.2, 0.25) is 5.91 Å². The number of rotatable bonds is 4. The van der Waals surface area contributed by atoms with Gasteiger partial charge >= 0.3 is 0 Å². The molecule has 0 radical (unpaired) electrons. The quantitative estimate of drug-likeness (QED) is 0.862. The minimum Gasteiger partial charge on any atom is -0.378 e. The van der Waals surface area contributed by atoms with E-state index in [2.05, 4.69) is 24.4 Å². The maximum Gasteiger partial charge on any atom is 0.264 e. The van der Waals surface area contributed by atoms with Crippen molar-refractivity contribution in [3.05, 3.63) is 56.8 Å². The molecule has 2 aromatic rings. The predicted octanol–water partition coefficient (Wildman–Crippen LogP) is 2.95. The van der Waals surface area contributed by atoms with Crippen molar-refractivity contribution in [3.63, 3.8) is 0 Å². The van der Waals surface area contributed by atoms with Crippen LogP contribution >= 0.6 is 11.3 Å². The zero-order chi connectivity index (χ0) is 19.5. The molecule has 1 atom stereocenters. The summed E-state index contributed by atoms with van der Waals surface area (Å²) in [6, 6.07) is 10.2. The van der Waals surface area contributed by atoms with Crippen LogP contribution < -0.4 is 5.32 Å². The second-order valence-electron chi connectivity index (χ2n) is 7.61. The van der Waals surface area contributed by atoms with E-state index in [0.717, 1.165) is 29.7 Å². The second-order valence-corrected chi connectivity index (χ2v) is 8.75. The highest BCUT2D eigenvalue weighted by Gasteiger charge is 2.28. The maximum absolute atomic E-state index is 12.7. The average molecular weight is 399 g/mol. The molecular weight excluding hydrogens is 372 g/mol. The van der Waals surface area contributed by atoms with Crippen LogP contribution in [0.4, 0.5) is 0 Å². The molecule has 28 heavy (non-hydrogen) atoms. The highest BCUT2D eigenvalue weighted by molar-refractivity contribution is 7.14. The van der Waals surface area contributed by atoms with E-state index >= 15 is 0 Å². The third kappa shape index (κ3) is 4.28. The number of carbonyl (C=O) groups excluding carboxylic acids is 2. The van der Waals surface area contributed by atoms with Gasteiger partial charge in [0, 0.05) is 30.4 Å². The number of benzene rings is 1. The molecule has 2 amide bonds. The summed E-state index contributed by atoms with van der Waals surface area (Å²) in [5.74, 6) is 0.195. The number of hydrogen-bond acceptors (Lipinski definition) is 4. The first-order valence-electron chi connectivity index (χ1n) is 9.92. The van der Waals surface area contributed by atoms with Gasteiger partial charge in [0.1, 0.15) is 0 Å². The van der Waals surface area contributed by atoms with E-state index < -0.39 is 0 Å². The fourth-order valence-corrected chi connectivity index (χ4v) is 5.11. The molecule has 0 spiro atoms. The number of aryl methyl sites for hydroxylation is 2. The van der Waals surface area contributed by atoms with E-state index in [9.17, 15) is 9.59 Å². The van der Waals surface area contributed by atoms with Gasteiger partial charge < -0.3 is 15.0 Å². The fourth-order valence-electron chi connectivity index (χ4n) is 3.93. The molecule has 148 valence electrons. The van der Waals surface area contributed by atoms with Gasteiger partial charge in [0.25, 0.3) is 5.91 Å². The molecule has 1 N–H and O–H groups in total. The van der Waals surface area contributed by atoms with Gasteiger partial charge in [-0.15, -0.1) is 11.3 Å². The molecule has 0 bridgehead atoms. The van der Waals surface area contributed by atoms with E-state index in [4.69, 9.17) is 4.74 Å². The van der Waals surface area contributed by atoms with Gasteiger partial charge in [-0.1, -0.05) is 29.8 Å². The number of fused-ring (bicyclic) bond motifs is 1. The van der Waals surface area contributed by atoms with E-state index in [0.29, 0.717) is 32.8 Å². The predicted molar refractivity (Wildman–Crippen MR) is 110 cm³/mol. The molecule has 1 aliphatic heterocycles. The first-order valence-corrected chi connectivity index (χ1v) is 10.7. The molecule has 1 fully saturated rings. The van der Waals surface area contributed by atoms with Gasteiger partial charge in [-0.25, -0.2) is 0 Å². The van der Waals surface area contributed by atoms with Crippen LogP contribution in [0, 0.1) is 12.8 Å². The highest BCUT2D eigenvalue weighted by Crippen LogP contribution is 2.33. The molecule has 1 saturated heterocycles. The van der Waals surface area contributed by atoms with Crippen molar-refractivity contribution in [2.75, 3.05) is 26.3 Å². The maximum atomic E-state index is 12.7. The summed E-state index contributed by atoms with van der Waals surface area (Å²) in [7, 11) is 0. The van der Waals surface area contributed by atoms with Gasteiger partial charge in [-0.3, -0.25) is 9.59 Å². The summed E-state index contributed by atoms with van der Waals surface area (Å²) in [5.41, 5.74) is 3.49. The van der Waals surface area contributed by atoms with Crippen molar-refractivity contribution < 1.29 is 14.3 Å². The van der Waals surface area contributed by atoms with Gasteiger partial charge in [0.05, 0.1) is 18.1 Å². The summed E-state index contributed by atoms with van der Waals surface area (Å²) < 4.78 is 5.33. The summed E-state index contributed by atoms with van der Waals surface area (Å²) >= 11 is 1.60. The standard InChI is InChI=1S/C22H26N2O3S/c1-15-3-2-4-16(11-15)14-23-21(25)17-5-6-19-18(12-17)13-20(28-19)22(26)24-7-9-27-10-8-24/h2-4,11,13,17H,5-10,12,14H2,1H3,(H,23,25)/t17-/m1/s1. The summed E-state index contributed by atoms with van der Waals surface area (Å²) in [5, 5.41) is 3.08. The Bertz CT molecular complexity index is 870. The van der Waals surface area contributed by atoms with Gasteiger partial charge in [-0.2, -0.15) is 0 Å². The molecule has 1 aromatic heterocycles. The Labute approximate surface area is 169 Å². The van der Waals surface area contributed by atoms with Crippen LogP contribution in [0.5, 0.6) is 0 Å². The van der Waals surface area contributed by atoms with E-state index in [1.165, 1.54) is 16.0 Å². The van der Waals surface area contributed by atoms with Crippen LogP contribution in [-0.2, 0) is 28.9 Å². The number of amides is 2. The van der Waals surface area contributed by atoms with E-state index in [1.807, 2.05) is 23.1 Å². The van der Waals surface area contributed by atoms with Crippen molar-refractivity contribution in [2.45, 2.75) is 32.7 Å². The lowest BCUT2D eigenvalue weighted by atomic mass is 9.87. The number of ether oxygens (including phenoxy) is 1. The third-order valence-corrected chi connectivity index (χ3v) is 6.74. The largest absolute Gasteiger partial charge is 0.378 e. The first-order chi connectivity index (χ1) is 13.6.